The molecule has 1 saturated heterocycles. The van der Waals surface area contributed by atoms with Gasteiger partial charge in [0.2, 0.25) is 0 Å². The largest absolute Gasteiger partial charge is 0.459 e. The van der Waals surface area contributed by atoms with Crippen LogP contribution in [0.5, 0.6) is 0 Å². The third kappa shape index (κ3) is 6.41. The lowest BCUT2D eigenvalue weighted by atomic mass is 9.78. The first-order chi connectivity index (χ1) is 29.5. The summed E-state index contributed by atoms with van der Waals surface area (Å²) in [5.41, 5.74) is 8.29. The van der Waals surface area contributed by atoms with Gasteiger partial charge in [-0.25, -0.2) is 4.79 Å². The normalized spacial score (nSPS) is 25.9. The number of benzene rings is 5. The predicted molar refractivity (Wildman–Crippen MR) is 235 cm³/mol. The molecule has 3 fully saturated rings. The van der Waals surface area contributed by atoms with E-state index in [0.29, 0.717) is 18.6 Å². The zero-order chi connectivity index (χ0) is 42.0. The molecule has 5 aliphatic rings. The summed E-state index contributed by atoms with van der Waals surface area (Å²) >= 11 is 0. The zero-order valence-electron chi connectivity index (χ0n) is 34.4. The van der Waals surface area contributed by atoms with E-state index in [1.165, 1.54) is 0 Å². The van der Waals surface area contributed by atoms with Crippen molar-refractivity contribution in [1.29, 1.82) is 0 Å². The lowest BCUT2D eigenvalue weighted by Crippen LogP contribution is -2.45. The van der Waals surface area contributed by atoms with Crippen molar-refractivity contribution in [2.24, 2.45) is 23.7 Å². The summed E-state index contributed by atoms with van der Waals surface area (Å²) in [6.07, 6.45) is 10.3. The van der Waals surface area contributed by atoms with Crippen LogP contribution in [0, 0.1) is 23.7 Å². The second-order valence-corrected chi connectivity index (χ2v) is 17.3. The first-order valence-electron chi connectivity index (χ1n) is 21.0. The summed E-state index contributed by atoms with van der Waals surface area (Å²) in [5, 5.41) is 0. The van der Waals surface area contributed by atoms with E-state index in [1.54, 1.807) is 12.1 Å². The van der Waals surface area contributed by atoms with Gasteiger partial charge in [-0.05, 0) is 78.8 Å². The van der Waals surface area contributed by atoms with Crippen LogP contribution in [0.15, 0.2) is 140 Å². The lowest BCUT2D eigenvalue weighted by Gasteiger charge is -2.36. The van der Waals surface area contributed by atoms with Crippen LogP contribution in [0.1, 0.15) is 87.6 Å². The predicted octanol–water partition coefficient (Wildman–Crippen LogP) is 10.4. The minimum Gasteiger partial charge on any atom is -0.459 e. The molecule has 0 N–H and O–H groups in total. The van der Waals surface area contributed by atoms with Crippen LogP contribution in [-0.2, 0) is 39.7 Å². The van der Waals surface area contributed by atoms with Crippen molar-refractivity contribution in [1.82, 2.24) is 0 Å². The number of hydrogen-bond acceptors (Lipinski definition) is 7. The highest BCUT2D eigenvalue weighted by Crippen LogP contribution is 2.59. The minimum absolute atomic E-state index is 0.0675. The second kappa shape index (κ2) is 14.9. The number of carbonyl (C=O) groups excluding carboxylic acids is 3. The molecular formula is C54H46O7. The maximum Gasteiger partial charge on any atom is 0.339 e. The molecule has 61 heavy (non-hydrogen) atoms. The van der Waals surface area contributed by atoms with Crippen LogP contribution in [0.3, 0.4) is 0 Å². The molecule has 1 aliphatic heterocycles. The zero-order valence-corrected chi connectivity index (χ0v) is 34.4. The van der Waals surface area contributed by atoms with Gasteiger partial charge in [0, 0.05) is 34.1 Å². The SMILES string of the molecule is C=C(C)COC1C2CC3C1OC(=O)C3C2C(=O)OC1(C)c2ccccc2C=C(/C=C/c2ccc(C(=O)OC3(C)c4ccccc4C=Cc4ccccc43)cc2)c2ccccc21. The standard InChI is InChI=1S/C54H46O7/c1-32(2)31-58-48-40-30-41-46(51(56)59-49(41)48)47(40)52(57)61-54(4)44-19-11-7-15-38(44)29-37(39-16-8-12-20-45(39)54)26-23-33-21-24-36(25-22-33)50(55)60-53(3)42-17-9-5-13-34(42)27-28-35-14-6-10-18-43(35)53/h5-29,40-41,46-49H,1,30-31H2,2-4H3/b26-23+. The molecule has 0 radical (unpaired) electrons. The van der Waals surface area contributed by atoms with Crippen LogP contribution in [0.4, 0.5) is 0 Å². The van der Waals surface area contributed by atoms with Crippen LogP contribution in [0.25, 0.3) is 29.9 Å². The molecule has 2 saturated carbocycles. The summed E-state index contributed by atoms with van der Waals surface area (Å²) in [6, 6.07) is 39.4. The summed E-state index contributed by atoms with van der Waals surface area (Å²) in [7, 11) is 0. The molecular weight excluding hydrogens is 761 g/mol. The third-order valence-corrected chi connectivity index (χ3v) is 13.5. The van der Waals surface area contributed by atoms with Crippen LogP contribution >= 0.6 is 0 Å². The average Bonchev–Trinajstić information content (AvgIpc) is 3.85. The molecule has 4 aliphatic carbocycles. The number of rotatable bonds is 9. The average molecular weight is 807 g/mol. The Morgan fingerprint density at radius 1 is 0.721 bits per heavy atom. The Balaban J connectivity index is 0.924. The van der Waals surface area contributed by atoms with E-state index in [4.69, 9.17) is 18.9 Å². The van der Waals surface area contributed by atoms with Crippen molar-refractivity contribution in [2.45, 2.75) is 50.6 Å². The molecule has 0 spiro atoms. The van der Waals surface area contributed by atoms with Crippen molar-refractivity contribution in [3.05, 3.63) is 195 Å². The Morgan fingerprint density at radius 2 is 1.30 bits per heavy atom. The van der Waals surface area contributed by atoms with Crippen molar-refractivity contribution in [3.8, 4) is 0 Å². The fourth-order valence-corrected chi connectivity index (χ4v) is 10.6. The highest BCUT2D eigenvalue weighted by atomic mass is 16.6. The van der Waals surface area contributed by atoms with E-state index < -0.39 is 35.0 Å². The fraction of sp³-hybridized carbons (Fsp3) is 0.241. The maximum absolute atomic E-state index is 14.6. The number of fused-ring (bicyclic) bond motifs is 5. The minimum atomic E-state index is -1.18. The monoisotopic (exact) mass is 806 g/mol. The van der Waals surface area contributed by atoms with E-state index >= 15 is 0 Å². The van der Waals surface area contributed by atoms with E-state index in [0.717, 1.165) is 61.2 Å². The molecule has 10 rings (SSSR count). The Hall–Kier alpha value is -6.57. The Bertz CT molecular complexity index is 2670. The molecule has 7 atom stereocenters. The number of esters is 3. The van der Waals surface area contributed by atoms with Crippen molar-refractivity contribution in [3.63, 3.8) is 0 Å². The van der Waals surface area contributed by atoms with E-state index in [-0.39, 0.29) is 30.0 Å². The number of allylic oxidation sites excluding steroid dienone is 2. The number of ether oxygens (including phenoxy) is 4. The van der Waals surface area contributed by atoms with E-state index in [1.807, 2.05) is 136 Å². The van der Waals surface area contributed by atoms with E-state index in [9.17, 15) is 14.4 Å². The molecule has 304 valence electrons. The molecule has 0 aromatic heterocycles. The molecule has 0 amide bonds. The van der Waals surface area contributed by atoms with Crippen LogP contribution < -0.4 is 0 Å². The van der Waals surface area contributed by atoms with Gasteiger partial charge in [-0.1, -0.05) is 146 Å². The number of carbonyl (C=O) groups is 3. The smallest absolute Gasteiger partial charge is 0.339 e. The first-order valence-corrected chi connectivity index (χ1v) is 21.0. The molecule has 2 bridgehead atoms. The number of hydrogen-bond donors (Lipinski definition) is 0. The molecule has 5 aromatic carbocycles. The van der Waals surface area contributed by atoms with E-state index in [2.05, 4.69) is 30.9 Å². The topological polar surface area (TPSA) is 88.1 Å². The first kappa shape index (κ1) is 38.6. The molecule has 5 aromatic rings. The van der Waals surface area contributed by atoms with Gasteiger partial charge in [-0.2, -0.15) is 0 Å². The molecule has 7 heteroatoms. The van der Waals surface area contributed by atoms with Crippen molar-refractivity contribution < 1.29 is 33.3 Å². The Kier molecular flexibility index (Phi) is 9.41. The van der Waals surface area contributed by atoms with Crippen molar-refractivity contribution >= 4 is 47.8 Å². The van der Waals surface area contributed by atoms with Gasteiger partial charge in [0.05, 0.1) is 30.1 Å². The molecule has 7 unspecified atom stereocenters. The van der Waals surface area contributed by atoms with Gasteiger partial charge in [0.15, 0.2) is 11.2 Å². The van der Waals surface area contributed by atoms with Gasteiger partial charge in [0.25, 0.3) is 0 Å². The Morgan fingerprint density at radius 3 is 1.95 bits per heavy atom. The fourth-order valence-electron chi connectivity index (χ4n) is 10.6. The van der Waals surface area contributed by atoms with Gasteiger partial charge < -0.3 is 18.9 Å². The van der Waals surface area contributed by atoms with Gasteiger partial charge in [0.1, 0.15) is 6.10 Å². The summed E-state index contributed by atoms with van der Waals surface area (Å²) in [5.74, 6) is -2.63. The summed E-state index contributed by atoms with van der Waals surface area (Å²) in [4.78, 5) is 41.8. The summed E-state index contributed by atoms with van der Waals surface area (Å²) < 4.78 is 25.3. The summed E-state index contributed by atoms with van der Waals surface area (Å²) in [6.45, 7) is 10.1. The highest BCUT2D eigenvalue weighted by Gasteiger charge is 2.69. The van der Waals surface area contributed by atoms with Crippen molar-refractivity contribution in [2.75, 3.05) is 6.61 Å². The highest BCUT2D eigenvalue weighted by molar-refractivity contribution is 5.95. The van der Waals surface area contributed by atoms with Crippen LogP contribution in [0.2, 0.25) is 0 Å². The van der Waals surface area contributed by atoms with Gasteiger partial charge in [-0.3, -0.25) is 9.59 Å². The van der Waals surface area contributed by atoms with Gasteiger partial charge in [-0.15, -0.1) is 0 Å². The quantitative estimate of drug-likeness (QED) is 0.0833. The molecule has 1 heterocycles. The third-order valence-electron chi connectivity index (χ3n) is 13.5. The molecule has 7 nitrogen and oxygen atoms in total. The van der Waals surface area contributed by atoms with Gasteiger partial charge >= 0.3 is 17.9 Å². The van der Waals surface area contributed by atoms with Crippen LogP contribution in [-0.4, -0.2) is 36.7 Å². The Labute approximate surface area is 356 Å². The maximum atomic E-state index is 14.6. The second-order valence-electron chi connectivity index (χ2n) is 17.3. The lowest BCUT2D eigenvalue weighted by molar-refractivity contribution is -0.167.